The minimum absolute atomic E-state index is 1.04. The Hall–Kier alpha value is -0.780. The van der Waals surface area contributed by atoms with Crippen molar-refractivity contribution in [1.82, 2.24) is 0 Å². The standard InChI is InChI=1S/C7H14.C6H6/c1-7-5-3-2-4-6-7;1-2-4-6-5-3-1/h7H,2-6H2,1H3;1-6H. The van der Waals surface area contributed by atoms with Crippen molar-refractivity contribution < 1.29 is 0 Å². The van der Waals surface area contributed by atoms with E-state index in [1.807, 2.05) is 36.4 Å². The summed E-state index contributed by atoms with van der Waals surface area (Å²) in [5, 5.41) is 0. The smallest absolute Gasteiger partial charge is 0.0443 e. The summed E-state index contributed by atoms with van der Waals surface area (Å²) in [5.41, 5.74) is 0. The lowest BCUT2D eigenvalue weighted by Crippen LogP contribution is -1.99. The van der Waals surface area contributed by atoms with Crippen LogP contribution in [0.2, 0.25) is 0 Å². The van der Waals surface area contributed by atoms with Gasteiger partial charge in [-0.05, 0) is 5.92 Å². The van der Waals surface area contributed by atoms with E-state index in [1.165, 1.54) is 32.1 Å². The third kappa shape index (κ3) is 5.46. The van der Waals surface area contributed by atoms with Crippen molar-refractivity contribution >= 4 is 0 Å². The zero-order chi connectivity index (χ0) is 9.36. The molecule has 0 aromatic heterocycles. The Morgan fingerprint density at radius 2 is 1.08 bits per heavy atom. The summed E-state index contributed by atoms with van der Waals surface area (Å²) in [6.07, 6.45) is 7.44. The normalized spacial score (nSPS) is 17.3. The van der Waals surface area contributed by atoms with Crippen molar-refractivity contribution in [3.63, 3.8) is 0 Å². The molecule has 0 amide bonds. The van der Waals surface area contributed by atoms with Gasteiger partial charge in [0.2, 0.25) is 0 Å². The molecule has 0 radical (unpaired) electrons. The minimum Gasteiger partial charge on any atom is -0.0625 e. The summed E-state index contributed by atoms with van der Waals surface area (Å²) in [5.74, 6) is 1.04. The van der Waals surface area contributed by atoms with Crippen LogP contribution in [0.4, 0.5) is 0 Å². The molecule has 0 atom stereocenters. The highest BCUT2D eigenvalue weighted by atomic mass is 14.1. The van der Waals surface area contributed by atoms with Crippen LogP contribution in [-0.4, -0.2) is 0 Å². The van der Waals surface area contributed by atoms with Crippen LogP contribution >= 0.6 is 0 Å². The maximum absolute atomic E-state index is 2.36. The first kappa shape index (κ1) is 10.3. The van der Waals surface area contributed by atoms with Crippen molar-refractivity contribution in [2.24, 2.45) is 5.92 Å². The average molecular weight is 176 g/mol. The lowest BCUT2D eigenvalue weighted by atomic mass is 9.91. The number of benzene rings is 1. The Kier molecular flexibility index (Phi) is 5.31. The zero-order valence-electron chi connectivity index (χ0n) is 8.58. The molecule has 72 valence electrons. The van der Waals surface area contributed by atoms with Crippen molar-refractivity contribution in [1.29, 1.82) is 0 Å². The Morgan fingerprint density at radius 3 is 1.31 bits per heavy atom. The summed E-state index contributed by atoms with van der Waals surface area (Å²) in [6, 6.07) is 12.0. The van der Waals surface area contributed by atoms with E-state index in [0.717, 1.165) is 5.92 Å². The first-order valence-electron chi connectivity index (χ1n) is 5.39. The molecule has 0 heterocycles. The molecule has 1 saturated carbocycles. The summed E-state index contributed by atoms with van der Waals surface area (Å²) in [7, 11) is 0. The maximum Gasteiger partial charge on any atom is -0.0443 e. The monoisotopic (exact) mass is 176 g/mol. The molecule has 0 unspecified atom stereocenters. The summed E-state index contributed by atoms with van der Waals surface area (Å²) >= 11 is 0. The molecule has 0 spiro atoms. The molecule has 0 bridgehead atoms. The highest BCUT2D eigenvalue weighted by molar-refractivity contribution is 4.99. The van der Waals surface area contributed by atoms with Crippen LogP contribution in [0.3, 0.4) is 0 Å². The van der Waals surface area contributed by atoms with Crippen LogP contribution in [0.15, 0.2) is 36.4 Å². The number of hydrogen-bond acceptors (Lipinski definition) is 0. The second-order valence-electron chi connectivity index (χ2n) is 3.90. The minimum atomic E-state index is 1.04. The molecule has 0 saturated heterocycles. The van der Waals surface area contributed by atoms with Gasteiger partial charge >= 0.3 is 0 Å². The molecule has 0 aliphatic heterocycles. The molecule has 1 aliphatic rings. The highest BCUT2D eigenvalue weighted by Gasteiger charge is 2.05. The molecular formula is C13H20. The van der Waals surface area contributed by atoms with E-state index in [1.54, 1.807) is 0 Å². The van der Waals surface area contributed by atoms with Gasteiger partial charge in [-0.25, -0.2) is 0 Å². The van der Waals surface area contributed by atoms with E-state index in [2.05, 4.69) is 6.92 Å². The van der Waals surface area contributed by atoms with Crippen LogP contribution < -0.4 is 0 Å². The Morgan fingerprint density at radius 1 is 0.692 bits per heavy atom. The van der Waals surface area contributed by atoms with Crippen LogP contribution in [0.25, 0.3) is 0 Å². The predicted octanol–water partition coefficient (Wildman–Crippen LogP) is 4.27. The van der Waals surface area contributed by atoms with Gasteiger partial charge in [0.25, 0.3) is 0 Å². The number of rotatable bonds is 0. The highest BCUT2D eigenvalue weighted by Crippen LogP contribution is 2.22. The first-order valence-corrected chi connectivity index (χ1v) is 5.39. The molecule has 2 rings (SSSR count). The van der Waals surface area contributed by atoms with Gasteiger partial charge in [-0.15, -0.1) is 0 Å². The van der Waals surface area contributed by atoms with E-state index in [-0.39, 0.29) is 0 Å². The average Bonchev–Trinajstić information content (AvgIpc) is 2.22. The zero-order valence-corrected chi connectivity index (χ0v) is 8.58. The van der Waals surface area contributed by atoms with Gasteiger partial charge in [0.1, 0.15) is 0 Å². The Balaban J connectivity index is 0.000000132. The van der Waals surface area contributed by atoms with Crippen molar-refractivity contribution in [2.45, 2.75) is 39.0 Å². The van der Waals surface area contributed by atoms with Crippen molar-refractivity contribution in [2.75, 3.05) is 0 Å². The fourth-order valence-electron chi connectivity index (χ4n) is 1.69. The Bertz CT molecular complexity index is 158. The molecule has 1 aromatic rings. The van der Waals surface area contributed by atoms with E-state index in [4.69, 9.17) is 0 Å². The van der Waals surface area contributed by atoms with Crippen LogP contribution in [0.1, 0.15) is 39.0 Å². The fraction of sp³-hybridized carbons (Fsp3) is 0.538. The third-order valence-corrected chi connectivity index (χ3v) is 2.56. The van der Waals surface area contributed by atoms with Gasteiger partial charge in [-0.1, -0.05) is 75.4 Å². The van der Waals surface area contributed by atoms with E-state index in [9.17, 15) is 0 Å². The molecule has 1 aliphatic carbocycles. The molecule has 1 fully saturated rings. The summed E-state index contributed by atoms with van der Waals surface area (Å²) < 4.78 is 0. The lowest BCUT2D eigenvalue weighted by Gasteiger charge is -2.15. The van der Waals surface area contributed by atoms with Crippen molar-refractivity contribution in [3.8, 4) is 0 Å². The quantitative estimate of drug-likeness (QED) is 0.553. The number of hydrogen-bond donors (Lipinski definition) is 0. The van der Waals surface area contributed by atoms with Gasteiger partial charge in [0.15, 0.2) is 0 Å². The largest absolute Gasteiger partial charge is 0.0625 e. The van der Waals surface area contributed by atoms with Gasteiger partial charge in [-0.3, -0.25) is 0 Å². The van der Waals surface area contributed by atoms with E-state index < -0.39 is 0 Å². The topological polar surface area (TPSA) is 0 Å². The molecule has 13 heavy (non-hydrogen) atoms. The summed E-state index contributed by atoms with van der Waals surface area (Å²) in [4.78, 5) is 0. The SMILES string of the molecule is CC1CCCCC1.c1ccccc1. The summed E-state index contributed by atoms with van der Waals surface area (Å²) in [6.45, 7) is 2.36. The van der Waals surface area contributed by atoms with Crippen LogP contribution in [0, 0.1) is 5.92 Å². The molecule has 1 aromatic carbocycles. The van der Waals surface area contributed by atoms with Gasteiger partial charge in [0, 0.05) is 0 Å². The Labute approximate surface area is 82.0 Å². The van der Waals surface area contributed by atoms with Crippen LogP contribution in [0.5, 0.6) is 0 Å². The van der Waals surface area contributed by atoms with E-state index >= 15 is 0 Å². The van der Waals surface area contributed by atoms with Crippen molar-refractivity contribution in [3.05, 3.63) is 36.4 Å². The van der Waals surface area contributed by atoms with Gasteiger partial charge < -0.3 is 0 Å². The van der Waals surface area contributed by atoms with Gasteiger partial charge in [-0.2, -0.15) is 0 Å². The lowest BCUT2D eigenvalue weighted by molar-refractivity contribution is 0.385. The maximum atomic E-state index is 2.36. The first-order chi connectivity index (χ1) is 6.39. The molecule has 0 heteroatoms. The second-order valence-corrected chi connectivity index (χ2v) is 3.90. The third-order valence-electron chi connectivity index (χ3n) is 2.56. The fourth-order valence-corrected chi connectivity index (χ4v) is 1.69. The predicted molar refractivity (Wildman–Crippen MR) is 58.7 cm³/mol. The van der Waals surface area contributed by atoms with Gasteiger partial charge in [0.05, 0.1) is 0 Å². The second kappa shape index (κ2) is 6.71. The molecule has 0 nitrogen and oxygen atoms in total. The van der Waals surface area contributed by atoms with E-state index in [0.29, 0.717) is 0 Å². The van der Waals surface area contributed by atoms with Crippen LogP contribution in [-0.2, 0) is 0 Å². The molecular weight excluding hydrogens is 156 g/mol. The molecule has 0 N–H and O–H groups in total.